The molecule has 3 heterocycles. The molecule has 0 bridgehead atoms. The van der Waals surface area contributed by atoms with E-state index in [1.807, 2.05) is 23.1 Å². The third-order valence-electron chi connectivity index (χ3n) is 6.04. The van der Waals surface area contributed by atoms with Gasteiger partial charge in [-0.2, -0.15) is 0 Å². The van der Waals surface area contributed by atoms with Crippen molar-refractivity contribution >= 4 is 21.8 Å². The van der Waals surface area contributed by atoms with Gasteiger partial charge in [0, 0.05) is 47.5 Å². The van der Waals surface area contributed by atoms with Gasteiger partial charge in [-0.15, -0.1) is 0 Å². The number of amides is 1. The maximum Gasteiger partial charge on any atom is 0.228 e. The number of halogens is 1. The molecule has 2 aliphatic heterocycles. The van der Waals surface area contributed by atoms with Crippen LogP contribution in [0.5, 0.6) is 0 Å². The molecular weight excluding hydrogens is 418 g/mol. The maximum absolute atomic E-state index is 13.0. The number of aliphatic hydroxyl groups excluding tert-OH is 1. The molecule has 2 aromatic rings. The Kier molecular flexibility index (Phi) is 6.09. The summed E-state index contributed by atoms with van der Waals surface area (Å²) in [7, 11) is 0. The zero-order valence-electron chi connectivity index (χ0n) is 15.9. The average Bonchev–Trinajstić information content (AvgIpc) is 2.69. The molecule has 6 heteroatoms. The van der Waals surface area contributed by atoms with Crippen LogP contribution in [0, 0.1) is 0 Å². The number of aliphatic hydroxyl groups is 1. The standard InChI is InChI=1S/C22H26BrN3O2/c23-17-8-6-16(7-9-17)22-19-14-25(11-3-4-12-26(19)20(22)15-27)21(28)13-18-5-1-2-10-24-18/h1-2,5-10,19-20,22,27H,3-4,11-15H2/t19-,20+,22+/m1/s1. The molecule has 4 rings (SSSR count). The van der Waals surface area contributed by atoms with Crippen LogP contribution in [0.4, 0.5) is 0 Å². The van der Waals surface area contributed by atoms with E-state index in [-0.39, 0.29) is 30.5 Å². The first-order valence-corrected chi connectivity index (χ1v) is 10.8. The number of rotatable bonds is 4. The van der Waals surface area contributed by atoms with Gasteiger partial charge in [0.05, 0.1) is 13.0 Å². The number of hydrogen-bond acceptors (Lipinski definition) is 4. The fraction of sp³-hybridized carbons (Fsp3) is 0.455. The quantitative estimate of drug-likeness (QED) is 0.788. The second-order valence-electron chi connectivity index (χ2n) is 7.68. The van der Waals surface area contributed by atoms with Gasteiger partial charge in [0.2, 0.25) is 5.91 Å². The normalized spacial score (nSPS) is 25.4. The predicted octanol–water partition coefficient (Wildman–Crippen LogP) is 2.84. The summed E-state index contributed by atoms with van der Waals surface area (Å²) in [5.41, 5.74) is 2.05. The molecule has 1 amide bonds. The van der Waals surface area contributed by atoms with E-state index in [1.54, 1.807) is 6.20 Å². The first kappa shape index (κ1) is 19.6. The molecule has 1 aromatic heterocycles. The van der Waals surface area contributed by atoms with Crippen LogP contribution in [0.15, 0.2) is 53.1 Å². The highest BCUT2D eigenvalue weighted by Gasteiger charge is 2.49. The Balaban J connectivity index is 1.52. The van der Waals surface area contributed by atoms with Crippen molar-refractivity contribution in [3.05, 3.63) is 64.4 Å². The van der Waals surface area contributed by atoms with Crippen LogP contribution >= 0.6 is 15.9 Å². The second-order valence-corrected chi connectivity index (χ2v) is 8.59. The van der Waals surface area contributed by atoms with Crippen molar-refractivity contribution in [1.29, 1.82) is 0 Å². The monoisotopic (exact) mass is 443 g/mol. The molecule has 148 valence electrons. The van der Waals surface area contributed by atoms with Crippen molar-refractivity contribution in [2.24, 2.45) is 0 Å². The number of pyridine rings is 1. The van der Waals surface area contributed by atoms with E-state index < -0.39 is 0 Å². The minimum atomic E-state index is 0.136. The number of benzene rings is 1. The minimum absolute atomic E-state index is 0.136. The van der Waals surface area contributed by atoms with Gasteiger partial charge in [0.1, 0.15) is 0 Å². The van der Waals surface area contributed by atoms with Crippen molar-refractivity contribution in [3.63, 3.8) is 0 Å². The average molecular weight is 444 g/mol. The van der Waals surface area contributed by atoms with Crippen LogP contribution in [0.3, 0.4) is 0 Å². The predicted molar refractivity (Wildman–Crippen MR) is 112 cm³/mol. The number of hydrogen-bond donors (Lipinski definition) is 1. The molecule has 1 N–H and O–H groups in total. The van der Waals surface area contributed by atoms with Crippen molar-refractivity contribution < 1.29 is 9.90 Å². The third kappa shape index (κ3) is 4.00. The fourth-order valence-electron chi connectivity index (χ4n) is 4.62. The molecular formula is C22H26BrN3O2. The van der Waals surface area contributed by atoms with Crippen molar-refractivity contribution in [1.82, 2.24) is 14.8 Å². The molecule has 5 nitrogen and oxygen atoms in total. The third-order valence-corrected chi connectivity index (χ3v) is 6.56. The summed E-state index contributed by atoms with van der Waals surface area (Å²) >= 11 is 3.50. The molecule has 0 saturated carbocycles. The van der Waals surface area contributed by atoms with Crippen LogP contribution in [0.2, 0.25) is 0 Å². The Labute approximate surface area is 174 Å². The van der Waals surface area contributed by atoms with Crippen molar-refractivity contribution in [2.75, 3.05) is 26.2 Å². The maximum atomic E-state index is 13.0. The van der Waals surface area contributed by atoms with Gasteiger partial charge in [-0.1, -0.05) is 34.1 Å². The SMILES string of the molecule is O=C(Cc1ccccn1)N1CCCCN2[C@H](C1)[C@H](c1ccc(Br)cc1)[C@@H]2CO. The van der Waals surface area contributed by atoms with Crippen molar-refractivity contribution in [2.45, 2.75) is 37.3 Å². The first-order valence-electron chi connectivity index (χ1n) is 9.97. The van der Waals surface area contributed by atoms with Gasteiger partial charge in [0.15, 0.2) is 0 Å². The first-order chi connectivity index (χ1) is 13.7. The smallest absolute Gasteiger partial charge is 0.228 e. The topological polar surface area (TPSA) is 56.7 Å². The Morgan fingerprint density at radius 1 is 1.14 bits per heavy atom. The lowest BCUT2D eigenvalue weighted by Gasteiger charge is -2.57. The highest BCUT2D eigenvalue weighted by Crippen LogP contribution is 2.42. The van der Waals surface area contributed by atoms with Gasteiger partial charge in [0.25, 0.3) is 0 Å². The molecule has 2 fully saturated rings. The number of carbonyl (C=O) groups excluding carboxylic acids is 1. The molecule has 0 spiro atoms. The molecule has 2 saturated heterocycles. The van der Waals surface area contributed by atoms with Crippen LogP contribution in [-0.4, -0.2) is 64.1 Å². The Bertz CT molecular complexity index is 799. The molecule has 28 heavy (non-hydrogen) atoms. The van der Waals surface area contributed by atoms with E-state index in [0.717, 1.165) is 36.1 Å². The minimum Gasteiger partial charge on any atom is -0.395 e. The molecule has 0 aliphatic carbocycles. The van der Waals surface area contributed by atoms with Crippen LogP contribution in [-0.2, 0) is 11.2 Å². The van der Waals surface area contributed by atoms with E-state index in [4.69, 9.17) is 0 Å². The van der Waals surface area contributed by atoms with Gasteiger partial charge in [-0.25, -0.2) is 0 Å². The van der Waals surface area contributed by atoms with Crippen LogP contribution in [0.1, 0.15) is 30.0 Å². The number of carbonyl (C=O) groups is 1. The largest absolute Gasteiger partial charge is 0.395 e. The van der Waals surface area contributed by atoms with E-state index in [0.29, 0.717) is 13.0 Å². The molecule has 1 aromatic carbocycles. The fourth-order valence-corrected chi connectivity index (χ4v) is 4.89. The summed E-state index contributed by atoms with van der Waals surface area (Å²) < 4.78 is 1.05. The zero-order chi connectivity index (χ0) is 19.5. The van der Waals surface area contributed by atoms with Gasteiger partial charge in [-0.05, 0) is 49.2 Å². The number of fused-ring (bicyclic) bond motifs is 1. The zero-order valence-corrected chi connectivity index (χ0v) is 17.5. The molecule has 0 unspecified atom stereocenters. The van der Waals surface area contributed by atoms with Gasteiger partial charge < -0.3 is 10.0 Å². The van der Waals surface area contributed by atoms with E-state index in [2.05, 4.69) is 50.1 Å². The number of nitrogens with zero attached hydrogens (tertiary/aromatic N) is 3. The summed E-state index contributed by atoms with van der Waals surface area (Å²) in [4.78, 5) is 21.7. The summed E-state index contributed by atoms with van der Waals surface area (Å²) in [5.74, 6) is 0.393. The summed E-state index contributed by atoms with van der Waals surface area (Å²) in [5, 5.41) is 10.0. The summed E-state index contributed by atoms with van der Waals surface area (Å²) in [6.07, 6.45) is 4.13. The Hall–Kier alpha value is -1.76. The summed E-state index contributed by atoms with van der Waals surface area (Å²) in [6, 6.07) is 14.5. The van der Waals surface area contributed by atoms with Crippen molar-refractivity contribution in [3.8, 4) is 0 Å². The van der Waals surface area contributed by atoms with Crippen LogP contribution in [0.25, 0.3) is 0 Å². The Morgan fingerprint density at radius 3 is 2.64 bits per heavy atom. The molecule has 3 atom stereocenters. The number of aromatic nitrogens is 1. The van der Waals surface area contributed by atoms with Crippen LogP contribution < -0.4 is 0 Å². The summed E-state index contributed by atoms with van der Waals surface area (Å²) in [6.45, 7) is 2.65. The van der Waals surface area contributed by atoms with E-state index in [1.165, 1.54) is 5.56 Å². The van der Waals surface area contributed by atoms with Gasteiger partial charge in [-0.3, -0.25) is 14.7 Å². The lowest BCUT2D eigenvalue weighted by molar-refractivity contribution is -0.135. The lowest BCUT2D eigenvalue weighted by Crippen LogP contribution is -2.68. The lowest BCUT2D eigenvalue weighted by atomic mass is 9.74. The Morgan fingerprint density at radius 2 is 1.93 bits per heavy atom. The highest BCUT2D eigenvalue weighted by atomic mass is 79.9. The van der Waals surface area contributed by atoms with Gasteiger partial charge >= 0.3 is 0 Å². The second kappa shape index (κ2) is 8.72. The highest BCUT2D eigenvalue weighted by molar-refractivity contribution is 9.10. The molecule has 2 aliphatic rings. The van der Waals surface area contributed by atoms with E-state index >= 15 is 0 Å². The van der Waals surface area contributed by atoms with E-state index in [9.17, 15) is 9.90 Å². The molecule has 0 radical (unpaired) electrons.